The summed E-state index contributed by atoms with van der Waals surface area (Å²) >= 11 is 8.92. The standard InChI is InChI=1S/C10H7BrClN3O/c11-8-1-9(6-13-5-8)16-10-14-3-7(2-12)4-15-10/h1,3-6H,2H2. The molecule has 0 N–H and O–H groups in total. The number of pyridine rings is 1. The summed E-state index contributed by atoms with van der Waals surface area (Å²) in [6, 6.07) is 2.06. The Balaban J connectivity index is 2.14. The molecule has 0 aliphatic carbocycles. The summed E-state index contributed by atoms with van der Waals surface area (Å²) in [6.07, 6.45) is 6.51. The molecule has 0 saturated heterocycles. The van der Waals surface area contributed by atoms with Crippen LogP contribution < -0.4 is 4.74 Å². The minimum Gasteiger partial charge on any atom is -0.423 e. The van der Waals surface area contributed by atoms with Crippen LogP contribution in [0.15, 0.2) is 35.3 Å². The van der Waals surface area contributed by atoms with Crippen molar-refractivity contribution < 1.29 is 4.74 Å². The fourth-order valence-corrected chi connectivity index (χ4v) is 1.50. The monoisotopic (exact) mass is 299 g/mol. The summed E-state index contributed by atoms with van der Waals surface area (Å²) in [5.41, 5.74) is 0.849. The molecule has 0 aliphatic rings. The number of ether oxygens (including phenoxy) is 1. The number of alkyl halides is 1. The molecule has 6 heteroatoms. The Labute approximate surface area is 106 Å². The molecule has 2 aromatic rings. The van der Waals surface area contributed by atoms with Crippen LogP contribution in [0.5, 0.6) is 11.8 Å². The third kappa shape index (κ3) is 2.90. The van der Waals surface area contributed by atoms with Gasteiger partial charge >= 0.3 is 6.01 Å². The normalized spacial score (nSPS) is 10.1. The van der Waals surface area contributed by atoms with Crippen LogP contribution in [-0.2, 0) is 5.88 Å². The summed E-state index contributed by atoms with van der Waals surface area (Å²) in [6.45, 7) is 0. The first-order chi connectivity index (χ1) is 7.78. The molecule has 0 unspecified atom stereocenters. The van der Waals surface area contributed by atoms with Crippen molar-refractivity contribution in [1.29, 1.82) is 0 Å². The topological polar surface area (TPSA) is 47.9 Å². The summed E-state index contributed by atoms with van der Waals surface area (Å²) < 4.78 is 6.24. The highest BCUT2D eigenvalue weighted by Gasteiger charge is 2.01. The van der Waals surface area contributed by atoms with E-state index in [0.717, 1.165) is 10.0 Å². The molecule has 2 rings (SSSR count). The number of rotatable bonds is 3. The number of nitrogens with zero attached hydrogens (tertiary/aromatic N) is 3. The Kier molecular flexibility index (Phi) is 3.69. The van der Waals surface area contributed by atoms with E-state index in [-0.39, 0.29) is 6.01 Å². The molecule has 16 heavy (non-hydrogen) atoms. The van der Waals surface area contributed by atoms with Crippen LogP contribution in [-0.4, -0.2) is 15.0 Å². The lowest BCUT2D eigenvalue weighted by molar-refractivity contribution is 0.439. The quantitative estimate of drug-likeness (QED) is 0.817. The van der Waals surface area contributed by atoms with Crippen LogP contribution >= 0.6 is 27.5 Å². The average molecular weight is 301 g/mol. The van der Waals surface area contributed by atoms with Gasteiger partial charge in [-0.1, -0.05) is 0 Å². The number of hydrogen-bond acceptors (Lipinski definition) is 4. The van der Waals surface area contributed by atoms with E-state index < -0.39 is 0 Å². The van der Waals surface area contributed by atoms with Crippen LogP contribution in [0.4, 0.5) is 0 Å². The van der Waals surface area contributed by atoms with E-state index in [9.17, 15) is 0 Å². The minimum absolute atomic E-state index is 0.272. The highest BCUT2D eigenvalue weighted by Crippen LogP contribution is 2.20. The van der Waals surface area contributed by atoms with Crippen molar-refractivity contribution in [2.45, 2.75) is 5.88 Å². The molecule has 0 atom stereocenters. The maximum Gasteiger partial charge on any atom is 0.321 e. The molecule has 0 saturated carbocycles. The van der Waals surface area contributed by atoms with Crippen molar-refractivity contribution in [1.82, 2.24) is 15.0 Å². The zero-order chi connectivity index (χ0) is 11.4. The molecule has 0 amide bonds. The Bertz CT molecular complexity index is 478. The third-order valence-electron chi connectivity index (χ3n) is 1.72. The summed E-state index contributed by atoms with van der Waals surface area (Å²) in [7, 11) is 0. The van der Waals surface area contributed by atoms with Gasteiger partial charge in [0.05, 0.1) is 12.1 Å². The molecule has 2 aromatic heterocycles. The summed E-state index contributed by atoms with van der Waals surface area (Å²) in [5.74, 6) is 0.964. The van der Waals surface area contributed by atoms with Crippen LogP contribution in [0, 0.1) is 0 Å². The first-order valence-corrected chi connectivity index (χ1v) is 5.76. The number of hydrogen-bond donors (Lipinski definition) is 0. The molecular formula is C10H7BrClN3O. The first-order valence-electron chi connectivity index (χ1n) is 4.43. The lowest BCUT2D eigenvalue weighted by atomic mass is 10.4. The molecule has 0 aliphatic heterocycles. The Morgan fingerprint density at radius 2 is 1.94 bits per heavy atom. The van der Waals surface area contributed by atoms with Gasteiger partial charge in [-0.25, -0.2) is 9.97 Å². The average Bonchev–Trinajstić information content (AvgIpc) is 2.30. The van der Waals surface area contributed by atoms with Crippen molar-refractivity contribution in [2.24, 2.45) is 0 Å². The van der Waals surface area contributed by atoms with E-state index in [1.54, 1.807) is 30.9 Å². The fourth-order valence-electron chi connectivity index (χ4n) is 1.02. The van der Waals surface area contributed by atoms with Gasteiger partial charge in [0, 0.05) is 28.6 Å². The second-order valence-corrected chi connectivity index (χ2v) is 4.13. The molecule has 4 nitrogen and oxygen atoms in total. The molecule has 0 spiro atoms. The second-order valence-electron chi connectivity index (χ2n) is 2.95. The van der Waals surface area contributed by atoms with Crippen molar-refractivity contribution in [3.63, 3.8) is 0 Å². The summed E-state index contributed by atoms with van der Waals surface area (Å²) in [5, 5.41) is 0. The molecular weight excluding hydrogens is 293 g/mol. The predicted molar refractivity (Wildman–Crippen MR) is 63.6 cm³/mol. The maximum absolute atomic E-state index is 5.62. The van der Waals surface area contributed by atoms with Gasteiger partial charge in [0.15, 0.2) is 5.75 Å². The maximum atomic E-state index is 5.62. The van der Waals surface area contributed by atoms with Crippen molar-refractivity contribution in [3.8, 4) is 11.8 Å². The van der Waals surface area contributed by atoms with Gasteiger partial charge in [-0.2, -0.15) is 0 Å². The van der Waals surface area contributed by atoms with E-state index in [1.807, 2.05) is 0 Å². The third-order valence-corrected chi connectivity index (χ3v) is 2.47. The minimum atomic E-state index is 0.272. The number of halogens is 2. The van der Waals surface area contributed by atoms with E-state index in [2.05, 4.69) is 30.9 Å². The van der Waals surface area contributed by atoms with Crippen LogP contribution in [0.25, 0.3) is 0 Å². The van der Waals surface area contributed by atoms with Crippen LogP contribution in [0.2, 0.25) is 0 Å². The van der Waals surface area contributed by atoms with E-state index in [1.165, 1.54) is 0 Å². The van der Waals surface area contributed by atoms with E-state index in [4.69, 9.17) is 16.3 Å². The predicted octanol–water partition coefficient (Wildman–Crippen LogP) is 3.17. The van der Waals surface area contributed by atoms with Crippen molar-refractivity contribution >= 4 is 27.5 Å². The lowest BCUT2D eigenvalue weighted by Gasteiger charge is -2.03. The van der Waals surface area contributed by atoms with Gasteiger partial charge in [-0.3, -0.25) is 4.98 Å². The molecule has 0 radical (unpaired) electrons. The van der Waals surface area contributed by atoms with Gasteiger partial charge in [-0.05, 0) is 22.0 Å². The molecule has 82 valence electrons. The SMILES string of the molecule is ClCc1cnc(Oc2cncc(Br)c2)nc1. The van der Waals surface area contributed by atoms with E-state index in [0.29, 0.717) is 11.6 Å². The van der Waals surface area contributed by atoms with Gasteiger partial charge in [-0.15, -0.1) is 11.6 Å². The van der Waals surface area contributed by atoms with Crippen LogP contribution in [0.3, 0.4) is 0 Å². The molecule has 0 aromatic carbocycles. The largest absolute Gasteiger partial charge is 0.423 e. The Morgan fingerprint density at radius 3 is 2.56 bits per heavy atom. The van der Waals surface area contributed by atoms with Crippen molar-refractivity contribution in [3.05, 3.63) is 40.9 Å². The molecule has 0 fully saturated rings. The smallest absolute Gasteiger partial charge is 0.321 e. The van der Waals surface area contributed by atoms with Gasteiger partial charge < -0.3 is 4.74 Å². The molecule has 2 heterocycles. The lowest BCUT2D eigenvalue weighted by Crippen LogP contribution is -1.93. The fraction of sp³-hybridized carbons (Fsp3) is 0.100. The molecule has 0 bridgehead atoms. The Hall–Kier alpha value is -1.20. The van der Waals surface area contributed by atoms with Gasteiger partial charge in [0.25, 0.3) is 0 Å². The zero-order valence-corrected chi connectivity index (χ0v) is 10.4. The van der Waals surface area contributed by atoms with Gasteiger partial charge in [0.2, 0.25) is 0 Å². The van der Waals surface area contributed by atoms with Crippen molar-refractivity contribution in [2.75, 3.05) is 0 Å². The highest BCUT2D eigenvalue weighted by molar-refractivity contribution is 9.10. The van der Waals surface area contributed by atoms with Crippen LogP contribution in [0.1, 0.15) is 5.56 Å². The number of aromatic nitrogens is 3. The zero-order valence-electron chi connectivity index (χ0n) is 8.10. The highest BCUT2D eigenvalue weighted by atomic mass is 79.9. The van der Waals surface area contributed by atoms with E-state index >= 15 is 0 Å². The first kappa shape index (κ1) is 11.3. The Morgan fingerprint density at radius 1 is 1.19 bits per heavy atom. The second kappa shape index (κ2) is 5.23. The summed E-state index contributed by atoms with van der Waals surface area (Å²) in [4.78, 5) is 12.0. The van der Waals surface area contributed by atoms with Gasteiger partial charge in [0.1, 0.15) is 0 Å².